The molecule has 88 valence electrons. The fraction of sp³-hybridized carbons (Fsp3) is 0.364. The van der Waals surface area contributed by atoms with Gasteiger partial charge in [-0.15, -0.1) is 0 Å². The molecule has 16 heavy (non-hydrogen) atoms. The van der Waals surface area contributed by atoms with Gasteiger partial charge >= 0.3 is 6.09 Å². The highest BCUT2D eigenvalue weighted by Crippen LogP contribution is 2.19. The maximum absolute atomic E-state index is 10.8. The highest BCUT2D eigenvalue weighted by Gasteiger charge is 2.10. The smallest absolute Gasteiger partial charge is 0.407 e. The molecule has 0 aliphatic rings. The Morgan fingerprint density at radius 1 is 1.44 bits per heavy atom. The Labute approximate surface area is 122 Å². The third-order valence-corrected chi connectivity index (χ3v) is 5.54. The van der Waals surface area contributed by atoms with E-state index in [-0.39, 0.29) is 0 Å². The molecule has 0 saturated heterocycles. The summed E-state index contributed by atoms with van der Waals surface area (Å²) in [7, 11) is 0. The number of halogens is 2. The molecule has 0 atom stereocenters. The molecule has 1 amide bonds. The summed E-state index contributed by atoms with van der Waals surface area (Å²) in [5, 5.41) is 8.90. The molecule has 1 N–H and O–H groups in total. The van der Waals surface area contributed by atoms with Crippen LogP contribution in [0.4, 0.5) is 4.79 Å². The summed E-state index contributed by atoms with van der Waals surface area (Å²) in [6, 6.07) is 6.12. The Bertz CT molecular complexity index is 382. The van der Waals surface area contributed by atoms with E-state index < -0.39 is 6.09 Å². The van der Waals surface area contributed by atoms with Gasteiger partial charge in [-0.05, 0) is 70.2 Å². The number of hydrogen-bond acceptors (Lipinski definition) is 1. The molecule has 0 aliphatic carbocycles. The van der Waals surface area contributed by atoms with Gasteiger partial charge in [0.05, 0.1) is 0 Å². The predicted molar refractivity (Wildman–Crippen MR) is 80.9 cm³/mol. The largest absolute Gasteiger partial charge is 0.465 e. The molecule has 0 heterocycles. The minimum atomic E-state index is -0.844. The zero-order valence-corrected chi connectivity index (χ0v) is 13.2. The quantitative estimate of drug-likeness (QED) is 0.722. The van der Waals surface area contributed by atoms with E-state index in [4.69, 9.17) is 5.11 Å². The van der Waals surface area contributed by atoms with E-state index in [0.29, 0.717) is 13.1 Å². The number of carboxylic acid groups (broad SMARTS) is 1. The van der Waals surface area contributed by atoms with Gasteiger partial charge in [-0.2, -0.15) is 0 Å². The second-order valence-corrected chi connectivity index (χ2v) is 5.57. The van der Waals surface area contributed by atoms with Crippen LogP contribution in [0.25, 0.3) is 0 Å². The van der Waals surface area contributed by atoms with Crippen molar-refractivity contribution in [3.8, 4) is 0 Å². The molecule has 3 nitrogen and oxygen atoms in total. The van der Waals surface area contributed by atoms with E-state index >= 15 is 0 Å². The van der Waals surface area contributed by atoms with E-state index in [9.17, 15) is 4.79 Å². The maximum atomic E-state index is 10.8. The molecule has 1 aromatic carbocycles. The number of nitrogens with zero attached hydrogens (tertiary/aromatic N) is 1. The number of rotatable bonds is 4. The third kappa shape index (κ3) is 3.76. The zero-order valence-electron chi connectivity index (χ0n) is 8.91. The van der Waals surface area contributed by atoms with Gasteiger partial charge in [0.1, 0.15) is 0 Å². The lowest BCUT2D eigenvalue weighted by Gasteiger charge is -2.17. The standard InChI is InChI=1S/C11H13I2NO2/c1-2-14(11(15)16)7-6-8-4-3-5-9(12)10(8)13/h3-5H,2,6-7H2,1H3,(H,15,16). The number of carbonyl (C=O) groups is 1. The van der Waals surface area contributed by atoms with Gasteiger partial charge in [-0.25, -0.2) is 4.79 Å². The van der Waals surface area contributed by atoms with Crippen LogP contribution in [0.15, 0.2) is 18.2 Å². The molecule has 0 unspecified atom stereocenters. The minimum absolute atomic E-state index is 0.538. The van der Waals surface area contributed by atoms with Crippen molar-refractivity contribution < 1.29 is 9.90 Å². The van der Waals surface area contributed by atoms with E-state index in [2.05, 4.69) is 57.3 Å². The first-order valence-corrected chi connectivity index (χ1v) is 7.12. The zero-order chi connectivity index (χ0) is 12.1. The number of benzene rings is 1. The fourth-order valence-electron chi connectivity index (χ4n) is 1.39. The molecule has 0 aliphatic heterocycles. The second-order valence-electron chi connectivity index (χ2n) is 3.33. The van der Waals surface area contributed by atoms with Crippen molar-refractivity contribution in [2.24, 2.45) is 0 Å². The highest BCUT2D eigenvalue weighted by molar-refractivity contribution is 14.1. The van der Waals surface area contributed by atoms with Crippen LogP contribution in [0.3, 0.4) is 0 Å². The summed E-state index contributed by atoms with van der Waals surface area (Å²) in [4.78, 5) is 12.3. The Morgan fingerprint density at radius 3 is 2.69 bits per heavy atom. The Hall–Kier alpha value is -0.0500. The van der Waals surface area contributed by atoms with Crippen LogP contribution in [0.1, 0.15) is 12.5 Å². The Balaban J connectivity index is 2.67. The monoisotopic (exact) mass is 445 g/mol. The average molecular weight is 445 g/mol. The van der Waals surface area contributed by atoms with Crippen molar-refractivity contribution in [2.75, 3.05) is 13.1 Å². The second kappa shape index (κ2) is 6.63. The Kier molecular flexibility index (Phi) is 5.81. The minimum Gasteiger partial charge on any atom is -0.465 e. The van der Waals surface area contributed by atoms with Crippen LogP contribution in [0.5, 0.6) is 0 Å². The summed E-state index contributed by atoms with van der Waals surface area (Å²) in [6.45, 7) is 2.95. The Morgan fingerprint density at radius 2 is 2.12 bits per heavy atom. The van der Waals surface area contributed by atoms with Crippen LogP contribution < -0.4 is 0 Å². The summed E-state index contributed by atoms with van der Waals surface area (Å²) in [5.74, 6) is 0. The molecule has 0 aromatic heterocycles. The lowest BCUT2D eigenvalue weighted by molar-refractivity contribution is 0.148. The first kappa shape index (κ1) is 14.0. The number of amides is 1. The normalized spacial score (nSPS) is 10.2. The van der Waals surface area contributed by atoms with Gasteiger partial charge in [-0.1, -0.05) is 12.1 Å². The topological polar surface area (TPSA) is 40.5 Å². The van der Waals surface area contributed by atoms with E-state index in [1.165, 1.54) is 17.6 Å². The fourth-order valence-corrected chi connectivity index (χ4v) is 2.57. The van der Waals surface area contributed by atoms with E-state index in [1.807, 2.05) is 13.0 Å². The number of hydrogen-bond donors (Lipinski definition) is 1. The molecule has 0 radical (unpaired) electrons. The molecule has 0 spiro atoms. The summed E-state index contributed by atoms with van der Waals surface area (Å²) >= 11 is 4.60. The van der Waals surface area contributed by atoms with Crippen LogP contribution >= 0.6 is 45.2 Å². The molecule has 5 heteroatoms. The molecular formula is C11H13I2NO2. The summed E-state index contributed by atoms with van der Waals surface area (Å²) < 4.78 is 2.44. The average Bonchev–Trinajstić information content (AvgIpc) is 2.24. The van der Waals surface area contributed by atoms with Crippen molar-refractivity contribution in [1.82, 2.24) is 4.90 Å². The van der Waals surface area contributed by atoms with Crippen LogP contribution in [0.2, 0.25) is 0 Å². The lowest BCUT2D eigenvalue weighted by Crippen LogP contribution is -2.31. The molecular weight excluding hydrogens is 432 g/mol. The van der Waals surface area contributed by atoms with E-state index in [0.717, 1.165) is 6.42 Å². The number of likely N-dealkylation sites (N-methyl/N-ethyl adjacent to an activating group) is 1. The first-order valence-electron chi connectivity index (χ1n) is 4.97. The van der Waals surface area contributed by atoms with Crippen molar-refractivity contribution in [1.29, 1.82) is 0 Å². The van der Waals surface area contributed by atoms with Crippen molar-refractivity contribution >= 4 is 51.3 Å². The van der Waals surface area contributed by atoms with Crippen LogP contribution in [-0.2, 0) is 6.42 Å². The molecule has 1 aromatic rings. The van der Waals surface area contributed by atoms with Gasteiger partial charge < -0.3 is 10.0 Å². The maximum Gasteiger partial charge on any atom is 0.407 e. The van der Waals surface area contributed by atoms with Crippen LogP contribution in [-0.4, -0.2) is 29.2 Å². The van der Waals surface area contributed by atoms with E-state index in [1.54, 1.807) is 0 Å². The van der Waals surface area contributed by atoms with Crippen LogP contribution in [0, 0.1) is 7.14 Å². The van der Waals surface area contributed by atoms with Crippen molar-refractivity contribution in [3.63, 3.8) is 0 Å². The molecule has 0 saturated carbocycles. The van der Waals surface area contributed by atoms with Gasteiger partial charge in [0.2, 0.25) is 0 Å². The highest BCUT2D eigenvalue weighted by atomic mass is 127. The third-order valence-electron chi connectivity index (χ3n) is 2.33. The van der Waals surface area contributed by atoms with Gasteiger partial charge in [-0.3, -0.25) is 0 Å². The molecule has 0 fully saturated rings. The predicted octanol–water partition coefficient (Wildman–Crippen LogP) is 3.44. The van der Waals surface area contributed by atoms with Gasteiger partial charge in [0.25, 0.3) is 0 Å². The van der Waals surface area contributed by atoms with Crippen molar-refractivity contribution in [3.05, 3.63) is 30.9 Å². The SMILES string of the molecule is CCN(CCc1cccc(I)c1I)C(=O)O. The molecule has 0 bridgehead atoms. The first-order chi connectivity index (χ1) is 7.56. The lowest BCUT2D eigenvalue weighted by atomic mass is 10.1. The summed E-state index contributed by atoms with van der Waals surface area (Å²) in [6.07, 6.45) is -0.0712. The van der Waals surface area contributed by atoms with Gasteiger partial charge in [0, 0.05) is 20.2 Å². The van der Waals surface area contributed by atoms with Gasteiger partial charge in [0.15, 0.2) is 0 Å². The summed E-state index contributed by atoms with van der Waals surface area (Å²) in [5.41, 5.74) is 1.22. The molecule has 1 rings (SSSR count). The van der Waals surface area contributed by atoms with Crippen molar-refractivity contribution in [2.45, 2.75) is 13.3 Å².